The SMILES string of the molecule is C=C(NC(=O)C(=C)NC(=O)c1ccc2c(n1)-c1coc(n1)C(=C)NC(=O)C(=C)NC(=O)c1nc(oc1C)C(=C)NC(=O)C(C(C)C)NC(=O)C(=C)NC(=O)c1coc(n1)/C(=C/C)NC(=O)C(C(C)O)NC(=O)c1csc-2n1)C(N)=O. The van der Waals surface area contributed by atoms with Crippen LogP contribution < -0.4 is 53.6 Å². The maximum Gasteiger partial charge on any atom is 0.278 e. The van der Waals surface area contributed by atoms with Gasteiger partial charge in [0.1, 0.15) is 58.2 Å². The van der Waals surface area contributed by atoms with E-state index in [4.69, 9.17) is 19.0 Å². The zero-order valence-electron chi connectivity index (χ0n) is 43.0. The zero-order valence-corrected chi connectivity index (χ0v) is 43.8. The molecule has 3 unspecified atom stereocenters. The Bertz CT molecular complexity index is 3560. The highest BCUT2D eigenvalue weighted by atomic mass is 32.1. The summed E-state index contributed by atoms with van der Waals surface area (Å²) in [5.74, 6) is -11.4. The zero-order chi connectivity index (χ0) is 59.0. The fraction of sp³-hybridized carbons (Fsp3) is 0.180. The molecule has 12 N–H and O–H groups in total. The van der Waals surface area contributed by atoms with Crippen LogP contribution in [0, 0.1) is 12.8 Å². The van der Waals surface area contributed by atoms with E-state index in [0.717, 1.165) is 23.9 Å². The van der Waals surface area contributed by atoms with Gasteiger partial charge in [0.15, 0.2) is 11.4 Å². The summed E-state index contributed by atoms with van der Waals surface area (Å²) in [5.41, 5.74) is 0.894. The quantitative estimate of drug-likeness (QED) is 0.0998. The number of pyridine rings is 1. The molecule has 0 radical (unpaired) electrons. The lowest BCUT2D eigenvalue weighted by atomic mass is 10.0. The molecular weight excluding hydrogens is 1070 g/mol. The molecule has 414 valence electrons. The van der Waals surface area contributed by atoms with Crippen LogP contribution in [0.25, 0.3) is 39.1 Å². The molecule has 29 nitrogen and oxygen atoms in total. The second-order valence-corrected chi connectivity index (χ2v) is 18.1. The predicted molar refractivity (Wildman–Crippen MR) is 281 cm³/mol. The number of carbonyl (C=O) groups is 10. The third-order valence-electron chi connectivity index (χ3n) is 10.9. The van der Waals surface area contributed by atoms with Crippen molar-refractivity contribution in [2.24, 2.45) is 11.7 Å². The van der Waals surface area contributed by atoms with Gasteiger partial charge in [0, 0.05) is 10.9 Å². The lowest BCUT2D eigenvalue weighted by molar-refractivity contribution is -0.127. The molecule has 6 heterocycles. The van der Waals surface area contributed by atoms with E-state index < -0.39 is 112 Å². The molecular formula is C50H49N15O14S. The maximum absolute atomic E-state index is 13.8. The molecule has 3 atom stereocenters. The van der Waals surface area contributed by atoms with E-state index in [9.17, 15) is 53.1 Å². The third kappa shape index (κ3) is 13.6. The number of aliphatic hydroxyl groups excluding tert-OH is 1. The first-order valence-corrected chi connectivity index (χ1v) is 24.0. The number of oxazole rings is 3. The number of thiazole rings is 1. The normalized spacial score (nSPS) is 17.2. The molecule has 5 aromatic heterocycles. The number of rotatable bonds is 7. The molecule has 30 heteroatoms. The summed E-state index contributed by atoms with van der Waals surface area (Å²) in [7, 11) is 0. The monoisotopic (exact) mass is 1120 g/mol. The Morgan fingerprint density at radius 1 is 0.675 bits per heavy atom. The van der Waals surface area contributed by atoms with Crippen molar-refractivity contribution in [2.75, 3.05) is 0 Å². The van der Waals surface area contributed by atoms with Crippen molar-refractivity contribution in [1.82, 2.24) is 72.8 Å². The highest BCUT2D eigenvalue weighted by molar-refractivity contribution is 7.13. The van der Waals surface area contributed by atoms with Crippen molar-refractivity contribution >= 4 is 87.5 Å². The van der Waals surface area contributed by atoms with Gasteiger partial charge in [-0.1, -0.05) is 59.4 Å². The van der Waals surface area contributed by atoms with E-state index >= 15 is 0 Å². The van der Waals surface area contributed by atoms with Crippen molar-refractivity contribution < 1.29 is 66.3 Å². The Morgan fingerprint density at radius 2 is 1.27 bits per heavy atom. The van der Waals surface area contributed by atoms with Gasteiger partial charge in [-0.05, 0) is 38.8 Å². The lowest BCUT2D eigenvalue weighted by Gasteiger charge is -2.22. The Kier molecular flexibility index (Phi) is 17.9. The minimum absolute atomic E-state index is 0.0697. The first-order valence-electron chi connectivity index (χ1n) is 23.1. The summed E-state index contributed by atoms with van der Waals surface area (Å²) in [5, 5.41) is 33.1. The first kappa shape index (κ1) is 58.5. The molecule has 0 saturated heterocycles. The third-order valence-corrected chi connectivity index (χ3v) is 11.8. The molecule has 10 amide bonds. The Morgan fingerprint density at radius 3 is 1.94 bits per heavy atom. The number of hydrogen-bond donors (Lipinski definition) is 11. The van der Waals surface area contributed by atoms with Crippen LogP contribution in [0.1, 0.15) is 93.1 Å². The van der Waals surface area contributed by atoms with Crippen LogP contribution in [-0.2, 0) is 28.8 Å². The van der Waals surface area contributed by atoms with Crippen molar-refractivity contribution in [3.05, 3.63) is 145 Å². The number of nitrogens with two attached hydrogens (primary N) is 1. The fourth-order valence-corrected chi connectivity index (χ4v) is 7.47. The van der Waals surface area contributed by atoms with Crippen molar-refractivity contribution in [1.29, 1.82) is 0 Å². The Hall–Kier alpha value is -10.8. The number of nitrogens with zero attached hydrogens (tertiary/aromatic N) is 5. The van der Waals surface area contributed by atoms with E-state index in [1.165, 1.54) is 44.4 Å². The largest absolute Gasteiger partial charge is 0.443 e. The van der Waals surface area contributed by atoms with Crippen LogP contribution >= 0.6 is 11.3 Å². The van der Waals surface area contributed by atoms with Gasteiger partial charge in [-0.3, -0.25) is 47.9 Å². The summed E-state index contributed by atoms with van der Waals surface area (Å²) in [6.07, 6.45) is 1.77. The van der Waals surface area contributed by atoms with E-state index in [2.05, 4.69) is 112 Å². The van der Waals surface area contributed by atoms with Gasteiger partial charge in [-0.25, -0.2) is 24.9 Å². The Balaban J connectivity index is 1.35. The molecule has 5 aromatic rings. The summed E-state index contributed by atoms with van der Waals surface area (Å²) >= 11 is 0.893. The standard InChI is InChI=1S/C50H49N15O14S/c1-12-28-49-61-31(16-78-49)42(72)54-22(7)40(70)63-33(18(2)3)44(74)57-24(9)48-65-35(26(11)79-48)46(76)55-21(6)39(69)56-23(8)47-60-30(15-77-47)36-27(50-62-32(17-80-50)43(73)64-34(25(10)66)45(75)59-28)13-14-29(58-36)41(71)53-20(5)38(68)52-19(4)37(51)67/h12-18,25,33-34,66H,4-9H2,1-3,10-11H3,(H2,51,67)(H,52,68)(H,53,71)(H,54,72)(H,55,76)(H,56,69)(H,57,74)(H,59,75)(H,63,70)(H,64,73)/b28-12-. The van der Waals surface area contributed by atoms with Crippen LogP contribution in [0.15, 0.2) is 112 Å². The summed E-state index contributed by atoms with van der Waals surface area (Å²) in [4.78, 5) is 153. The van der Waals surface area contributed by atoms with Crippen molar-refractivity contribution in [3.63, 3.8) is 0 Å². The van der Waals surface area contributed by atoms with Crippen molar-refractivity contribution in [3.8, 4) is 22.0 Å². The smallest absolute Gasteiger partial charge is 0.278 e. The van der Waals surface area contributed by atoms with Gasteiger partial charge in [-0.2, -0.15) is 0 Å². The average Bonchev–Trinajstić information content (AvgIpc) is 4.26. The van der Waals surface area contributed by atoms with Crippen LogP contribution in [0.4, 0.5) is 0 Å². The molecule has 0 spiro atoms. The molecule has 1 aliphatic rings. The average molecular weight is 1120 g/mol. The number of amides is 10. The van der Waals surface area contributed by atoms with Gasteiger partial charge in [0.2, 0.25) is 29.5 Å². The number of nitrogens with one attached hydrogen (secondary N) is 9. The van der Waals surface area contributed by atoms with E-state index in [1.807, 2.05) is 0 Å². The highest BCUT2D eigenvalue weighted by Gasteiger charge is 2.32. The molecule has 0 aromatic carbocycles. The molecule has 6 rings (SSSR count). The summed E-state index contributed by atoms with van der Waals surface area (Å²) in [6, 6.07) is -0.365. The highest BCUT2D eigenvalue weighted by Crippen LogP contribution is 2.33. The van der Waals surface area contributed by atoms with Crippen LogP contribution in [0.5, 0.6) is 0 Å². The number of fused-ring (bicyclic) bond motifs is 11. The van der Waals surface area contributed by atoms with Gasteiger partial charge in [-0.15, -0.1) is 11.3 Å². The molecule has 80 heavy (non-hydrogen) atoms. The van der Waals surface area contributed by atoms with Crippen molar-refractivity contribution in [2.45, 2.75) is 52.8 Å². The summed E-state index contributed by atoms with van der Waals surface area (Å²) in [6.45, 7) is 28.8. The van der Waals surface area contributed by atoms with Gasteiger partial charge >= 0.3 is 0 Å². The van der Waals surface area contributed by atoms with Crippen LogP contribution in [0.3, 0.4) is 0 Å². The van der Waals surface area contributed by atoms with E-state index in [1.54, 1.807) is 13.8 Å². The Labute approximate surface area is 456 Å². The topological polar surface area (TPSA) is 429 Å². The maximum atomic E-state index is 13.8. The van der Waals surface area contributed by atoms with E-state index in [0.29, 0.717) is 0 Å². The molecule has 0 fully saturated rings. The van der Waals surface area contributed by atoms with Gasteiger partial charge in [0.25, 0.3) is 47.3 Å². The number of allylic oxidation sites excluding steroid dienone is 1. The molecule has 0 saturated carbocycles. The number of aliphatic hydroxyl groups is 1. The minimum Gasteiger partial charge on any atom is -0.443 e. The minimum atomic E-state index is -1.65. The van der Waals surface area contributed by atoms with Gasteiger partial charge in [0.05, 0.1) is 46.0 Å². The van der Waals surface area contributed by atoms with Crippen LogP contribution in [0.2, 0.25) is 0 Å². The second kappa shape index (κ2) is 24.5. The number of aromatic nitrogens is 5. The lowest BCUT2D eigenvalue weighted by Crippen LogP contribution is -2.52. The molecule has 1 aliphatic heterocycles. The number of primary amides is 1. The number of hydrogen-bond acceptors (Lipinski definition) is 20. The van der Waals surface area contributed by atoms with Gasteiger partial charge < -0.3 is 71.9 Å². The number of aryl methyl sites for hydroxylation is 1. The summed E-state index contributed by atoms with van der Waals surface area (Å²) < 4.78 is 16.7. The second-order valence-electron chi connectivity index (χ2n) is 17.2. The predicted octanol–water partition coefficient (Wildman–Crippen LogP) is 0.675. The van der Waals surface area contributed by atoms with Crippen LogP contribution in [-0.4, -0.2) is 107 Å². The molecule has 8 bridgehead atoms. The number of carbonyl (C=O) groups excluding carboxylic acids is 10. The molecule has 0 aliphatic carbocycles. The first-order chi connectivity index (χ1) is 37.7. The fourth-order valence-electron chi connectivity index (χ4n) is 6.65. The van der Waals surface area contributed by atoms with E-state index in [-0.39, 0.29) is 79.6 Å².